The summed E-state index contributed by atoms with van der Waals surface area (Å²) in [5.41, 5.74) is 3.96. The van der Waals surface area contributed by atoms with Crippen molar-refractivity contribution in [2.75, 3.05) is 13.2 Å². The predicted molar refractivity (Wildman–Crippen MR) is 117 cm³/mol. The number of aliphatic hydroxyl groups is 2. The molecular weight excluding hydrogens is 451 g/mol. The molecule has 0 spiro atoms. The van der Waals surface area contributed by atoms with Crippen molar-refractivity contribution in [3.05, 3.63) is 89.5 Å². The van der Waals surface area contributed by atoms with Gasteiger partial charge in [0.15, 0.2) is 0 Å². The lowest BCUT2D eigenvalue weighted by Gasteiger charge is -2.22. The molecule has 3 N–H and O–H groups in total. The van der Waals surface area contributed by atoms with Gasteiger partial charge in [0, 0.05) is 18.0 Å². The average Bonchev–Trinajstić information content (AvgIpc) is 3.14. The van der Waals surface area contributed by atoms with Crippen molar-refractivity contribution < 1.29 is 37.7 Å². The monoisotopic (exact) mass is 473 g/mol. The largest absolute Gasteiger partial charge is 0.573 e. The zero-order valence-electron chi connectivity index (χ0n) is 17.8. The smallest absolute Gasteiger partial charge is 0.449 e. The highest BCUT2D eigenvalue weighted by Crippen LogP contribution is 2.44. The van der Waals surface area contributed by atoms with E-state index in [0.717, 1.165) is 28.3 Å². The summed E-state index contributed by atoms with van der Waals surface area (Å²) < 4.78 is 47.0. The summed E-state index contributed by atoms with van der Waals surface area (Å²) in [6, 6.07) is 20.6. The van der Waals surface area contributed by atoms with E-state index in [2.05, 4.69) is 10.1 Å². The van der Waals surface area contributed by atoms with E-state index in [0.29, 0.717) is 0 Å². The van der Waals surface area contributed by atoms with Crippen LogP contribution in [0.15, 0.2) is 72.8 Å². The van der Waals surface area contributed by atoms with Crippen molar-refractivity contribution in [1.29, 1.82) is 0 Å². The second kappa shape index (κ2) is 9.74. The number of hydrogen-bond donors (Lipinski definition) is 3. The lowest BCUT2D eigenvalue weighted by molar-refractivity contribution is -0.275. The van der Waals surface area contributed by atoms with E-state index in [9.17, 15) is 28.2 Å². The highest BCUT2D eigenvalue weighted by Gasteiger charge is 2.34. The first-order chi connectivity index (χ1) is 16.2. The highest BCUT2D eigenvalue weighted by atomic mass is 19.4. The maximum Gasteiger partial charge on any atom is 0.573 e. The van der Waals surface area contributed by atoms with E-state index in [-0.39, 0.29) is 18.1 Å². The number of carbonyl (C=O) groups is 1. The molecule has 0 aromatic heterocycles. The molecular formula is C25H22F3NO5. The number of amides is 1. The molecule has 0 saturated carbocycles. The molecule has 1 aliphatic rings. The molecule has 2 atom stereocenters. The molecule has 1 amide bonds. The third-order valence-corrected chi connectivity index (χ3v) is 5.63. The number of rotatable bonds is 7. The molecule has 0 bridgehead atoms. The van der Waals surface area contributed by atoms with Crippen LogP contribution in [0, 0.1) is 0 Å². The number of ether oxygens (including phenoxy) is 2. The van der Waals surface area contributed by atoms with E-state index in [1.54, 1.807) is 0 Å². The maximum absolute atomic E-state index is 12.6. The van der Waals surface area contributed by atoms with Gasteiger partial charge in [0.1, 0.15) is 24.6 Å². The maximum atomic E-state index is 12.6. The zero-order chi connectivity index (χ0) is 24.3. The molecule has 0 radical (unpaired) electrons. The van der Waals surface area contributed by atoms with Crippen molar-refractivity contribution >= 4 is 6.09 Å². The fourth-order valence-electron chi connectivity index (χ4n) is 4.10. The number of para-hydroxylation sites is 1. The fourth-order valence-corrected chi connectivity index (χ4v) is 4.10. The lowest BCUT2D eigenvalue weighted by atomic mass is 9.98. The third-order valence-electron chi connectivity index (χ3n) is 5.63. The summed E-state index contributed by atoms with van der Waals surface area (Å²) in [5.74, 6) is -0.789. The van der Waals surface area contributed by atoms with Crippen LogP contribution in [0.3, 0.4) is 0 Å². The minimum absolute atomic E-state index is 0.0563. The van der Waals surface area contributed by atoms with Crippen LogP contribution in [0.4, 0.5) is 18.0 Å². The number of hydrogen-bond acceptors (Lipinski definition) is 5. The SMILES string of the molecule is O=C(NCC(O)C(O)c1ccccc1OC(F)(F)F)OCC1c2ccccc2-c2ccccc21. The molecule has 2 unspecified atom stereocenters. The van der Waals surface area contributed by atoms with Crippen LogP contribution in [0.25, 0.3) is 11.1 Å². The van der Waals surface area contributed by atoms with Crippen LogP contribution in [0.2, 0.25) is 0 Å². The molecule has 1 aliphatic carbocycles. The summed E-state index contributed by atoms with van der Waals surface area (Å²) >= 11 is 0. The molecule has 3 aromatic carbocycles. The number of fused-ring (bicyclic) bond motifs is 3. The Bertz CT molecular complexity index is 1120. The molecule has 0 fully saturated rings. The van der Waals surface area contributed by atoms with Gasteiger partial charge in [0.05, 0.1) is 0 Å². The van der Waals surface area contributed by atoms with Gasteiger partial charge in [-0.05, 0) is 28.3 Å². The Morgan fingerprint density at radius 2 is 1.47 bits per heavy atom. The predicted octanol–water partition coefficient (Wildman–Crippen LogP) is 4.52. The molecule has 34 heavy (non-hydrogen) atoms. The van der Waals surface area contributed by atoms with Gasteiger partial charge in [0.25, 0.3) is 0 Å². The topological polar surface area (TPSA) is 88.0 Å². The van der Waals surface area contributed by atoms with Crippen molar-refractivity contribution in [2.45, 2.75) is 24.5 Å². The molecule has 4 rings (SSSR count). The molecule has 9 heteroatoms. The first-order valence-corrected chi connectivity index (χ1v) is 10.5. The lowest BCUT2D eigenvalue weighted by Crippen LogP contribution is -2.36. The highest BCUT2D eigenvalue weighted by molar-refractivity contribution is 5.79. The summed E-state index contributed by atoms with van der Waals surface area (Å²) in [4.78, 5) is 12.2. The molecule has 0 aliphatic heterocycles. The number of nitrogens with one attached hydrogen (secondary N) is 1. The number of alkyl halides is 3. The Hall–Kier alpha value is -3.56. The third kappa shape index (κ3) is 5.16. The summed E-state index contributed by atoms with van der Waals surface area (Å²) in [6.45, 7) is -0.390. The Morgan fingerprint density at radius 3 is 2.09 bits per heavy atom. The number of halogens is 3. The first-order valence-electron chi connectivity index (χ1n) is 10.5. The Balaban J connectivity index is 1.35. The van der Waals surface area contributed by atoms with E-state index < -0.39 is 37.0 Å². The van der Waals surface area contributed by atoms with Gasteiger partial charge in [0.2, 0.25) is 0 Å². The minimum atomic E-state index is -4.96. The fraction of sp³-hybridized carbons (Fsp3) is 0.240. The number of benzene rings is 3. The van der Waals surface area contributed by atoms with Crippen LogP contribution < -0.4 is 10.1 Å². The number of alkyl carbamates (subject to hydrolysis) is 1. The van der Waals surface area contributed by atoms with Gasteiger partial charge in [-0.25, -0.2) is 4.79 Å². The first kappa shape index (κ1) is 23.6. The van der Waals surface area contributed by atoms with Gasteiger partial charge < -0.3 is 25.0 Å². The molecule has 178 valence electrons. The van der Waals surface area contributed by atoms with Crippen LogP contribution in [-0.2, 0) is 4.74 Å². The van der Waals surface area contributed by atoms with E-state index >= 15 is 0 Å². The van der Waals surface area contributed by atoms with Gasteiger partial charge >= 0.3 is 12.5 Å². The normalized spacial score (nSPS) is 14.6. The summed E-state index contributed by atoms with van der Waals surface area (Å²) in [5, 5.41) is 22.9. The molecule has 3 aromatic rings. The molecule has 6 nitrogen and oxygen atoms in total. The Labute approximate surface area is 193 Å². The van der Waals surface area contributed by atoms with Gasteiger partial charge in [-0.15, -0.1) is 13.2 Å². The second-order valence-electron chi connectivity index (χ2n) is 7.80. The quantitative estimate of drug-likeness (QED) is 0.470. The number of aliphatic hydroxyl groups excluding tert-OH is 2. The zero-order valence-corrected chi connectivity index (χ0v) is 17.8. The van der Waals surface area contributed by atoms with E-state index in [4.69, 9.17) is 4.74 Å². The van der Waals surface area contributed by atoms with E-state index in [1.165, 1.54) is 18.2 Å². The van der Waals surface area contributed by atoms with Gasteiger partial charge in [-0.3, -0.25) is 0 Å². The van der Waals surface area contributed by atoms with Crippen molar-refractivity contribution in [3.63, 3.8) is 0 Å². The summed E-state index contributed by atoms with van der Waals surface area (Å²) in [6.07, 6.45) is -9.11. The number of carbonyl (C=O) groups excluding carboxylic acids is 1. The standard InChI is InChI=1S/C25H22F3NO5/c26-25(27,28)34-22-12-6-5-11-19(22)23(31)21(30)13-29-24(32)33-14-20-17-9-3-1-7-15(17)16-8-2-4-10-18(16)20/h1-12,20-21,23,30-31H,13-14H2,(H,29,32). The Kier molecular flexibility index (Phi) is 6.76. The van der Waals surface area contributed by atoms with Crippen molar-refractivity contribution in [3.8, 4) is 16.9 Å². The second-order valence-corrected chi connectivity index (χ2v) is 7.80. The van der Waals surface area contributed by atoms with Gasteiger partial charge in [-0.1, -0.05) is 66.7 Å². The van der Waals surface area contributed by atoms with Crippen molar-refractivity contribution in [2.24, 2.45) is 0 Å². The molecule has 0 heterocycles. The van der Waals surface area contributed by atoms with Crippen LogP contribution in [-0.4, -0.2) is 41.9 Å². The average molecular weight is 473 g/mol. The van der Waals surface area contributed by atoms with Crippen LogP contribution in [0.1, 0.15) is 28.7 Å². The molecule has 0 saturated heterocycles. The van der Waals surface area contributed by atoms with Crippen LogP contribution in [0.5, 0.6) is 5.75 Å². The minimum Gasteiger partial charge on any atom is -0.449 e. The van der Waals surface area contributed by atoms with E-state index in [1.807, 2.05) is 48.5 Å². The van der Waals surface area contributed by atoms with Gasteiger partial charge in [-0.2, -0.15) is 0 Å². The van der Waals surface area contributed by atoms with Crippen LogP contribution >= 0.6 is 0 Å². The Morgan fingerprint density at radius 1 is 0.912 bits per heavy atom. The summed E-state index contributed by atoms with van der Waals surface area (Å²) in [7, 11) is 0. The van der Waals surface area contributed by atoms with Crippen molar-refractivity contribution in [1.82, 2.24) is 5.32 Å².